The normalized spacial score (nSPS) is 13.9. The number of H-pyrrole nitrogens is 1. The van der Waals surface area contributed by atoms with Crippen LogP contribution in [0.3, 0.4) is 0 Å². The first kappa shape index (κ1) is 18.0. The number of benzene rings is 1. The molecule has 3 rings (SSSR count). The second-order valence-electron chi connectivity index (χ2n) is 7.35. The molecule has 0 bridgehead atoms. The van der Waals surface area contributed by atoms with E-state index in [1.165, 1.54) is 0 Å². The molecule has 2 amide bonds. The summed E-state index contributed by atoms with van der Waals surface area (Å²) in [6.07, 6.45) is 0.244. The highest BCUT2D eigenvalue weighted by molar-refractivity contribution is 5.94. The minimum absolute atomic E-state index is 0.252. The van der Waals surface area contributed by atoms with E-state index in [4.69, 9.17) is 4.74 Å². The van der Waals surface area contributed by atoms with E-state index >= 15 is 0 Å². The van der Waals surface area contributed by atoms with E-state index in [-0.39, 0.29) is 12.0 Å². The molecule has 1 aromatic carbocycles. The van der Waals surface area contributed by atoms with Gasteiger partial charge in [-0.15, -0.1) is 0 Å². The fourth-order valence-electron chi connectivity index (χ4n) is 2.83. The van der Waals surface area contributed by atoms with Crippen molar-refractivity contribution in [2.75, 3.05) is 6.54 Å². The molecule has 138 valence electrons. The molecule has 0 atom stereocenters. The van der Waals surface area contributed by atoms with Crippen LogP contribution in [0.4, 0.5) is 4.79 Å². The van der Waals surface area contributed by atoms with Crippen molar-refractivity contribution in [2.24, 2.45) is 0 Å². The van der Waals surface area contributed by atoms with Crippen molar-refractivity contribution < 1.29 is 14.3 Å². The number of nitrogens with one attached hydrogen (secondary N) is 2. The third-order valence-corrected chi connectivity index (χ3v) is 4.10. The molecule has 2 heterocycles. The molecule has 0 saturated carbocycles. The van der Waals surface area contributed by atoms with Gasteiger partial charge in [0.25, 0.3) is 5.91 Å². The minimum atomic E-state index is -0.552. The maximum Gasteiger partial charge on any atom is 0.410 e. The fraction of sp³-hybridized carbons (Fsp3) is 0.421. The first-order valence-corrected chi connectivity index (χ1v) is 8.69. The molecule has 7 heteroatoms. The van der Waals surface area contributed by atoms with E-state index in [1.807, 2.05) is 51.1 Å². The Morgan fingerprint density at radius 3 is 2.69 bits per heavy atom. The van der Waals surface area contributed by atoms with Gasteiger partial charge in [-0.3, -0.25) is 9.89 Å². The molecular weight excluding hydrogens is 332 g/mol. The molecule has 0 aliphatic carbocycles. The van der Waals surface area contributed by atoms with Gasteiger partial charge in [-0.1, -0.05) is 30.3 Å². The lowest BCUT2D eigenvalue weighted by atomic mass is 10.1. The lowest BCUT2D eigenvalue weighted by Crippen LogP contribution is -2.40. The van der Waals surface area contributed by atoms with Gasteiger partial charge >= 0.3 is 6.09 Å². The van der Waals surface area contributed by atoms with Crippen molar-refractivity contribution >= 4 is 12.0 Å². The summed E-state index contributed by atoms with van der Waals surface area (Å²) < 4.78 is 5.43. The number of carbonyl (C=O) groups is 2. The quantitative estimate of drug-likeness (QED) is 0.885. The first-order chi connectivity index (χ1) is 12.3. The van der Waals surface area contributed by atoms with Gasteiger partial charge in [-0.05, 0) is 26.3 Å². The number of hydrogen-bond acceptors (Lipinski definition) is 4. The van der Waals surface area contributed by atoms with Crippen molar-refractivity contribution in [3.63, 3.8) is 0 Å². The van der Waals surface area contributed by atoms with Gasteiger partial charge in [0.2, 0.25) is 0 Å². The number of carbonyl (C=O) groups excluding carboxylic acids is 2. The van der Waals surface area contributed by atoms with Gasteiger partial charge in [0.15, 0.2) is 5.69 Å². The predicted octanol–water partition coefficient (Wildman–Crippen LogP) is 2.63. The lowest BCUT2D eigenvalue weighted by molar-refractivity contribution is 0.0222. The summed E-state index contributed by atoms with van der Waals surface area (Å²) in [5, 5.41) is 9.96. The zero-order chi connectivity index (χ0) is 18.7. The molecule has 0 saturated heterocycles. The fourth-order valence-corrected chi connectivity index (χ4v) is 2.83. The first-order valence-electron chi connectivity index (χ1n) is 8.69. The second kappa shape index (κ2) is 7.19. The molecule has 1 aliphatic rings. The third kappa shape index (κ3) is 4.22. The Morgan fingerprint density at radius 1 is 1.27 bits per heavy atom. The van der Waals surface area contributed by atoms with Crippen LogP contribution in [-0.4, -0.2) is 39.2 Å². The molecule has 26 heavy (non-hydrogen) atoms. The monoisotopic (exact) mass is 356 g/mol. The van der Waals surface area contributed by atoms with E-state index in [0.717, 1.165) is 16.8 Å². The summed E-state index contributed by atoms with van der Waals surface area (Å²) in [5.74, 6) is -0.252. The molecule has 0 fully saturated rings. The average Bonchev–Trinajstić information content (AvgIpc) is 3.02. The Balaban J connectivity index is 1.68. The zero-order valence-electron chi connectivity index (χ0n) is 15.3. The second-order valence-corrected chi connectivity index (χ2v) is 7.35. The Morgan fingerprint density at radius 2 is 2.00 bits per heavy atom. The number of aromatic nitrogens is 2. The van der Waals surface area contributed by atoms with E-state index in [9.17, 15) is 9.59 Å². The van der Waals surface area contributed by atoms with Crippen LogP contribution in [0.5, 0.6) is 0 Å². The molecule has 1 aliphatic heterocycles. The van der Waals surface area contributed by atoms with Crippen molar-refractivity contribution in [1.29, 1.82) is 0 Å². The molecule has 2 N–H and O–H groups in total. The Labute approximate surface area is 152 Å². The molecular formula is C19H24N4O3. The third-order valence-electron chi connectivity index (χ3n) is 4.10. The van der Waals surface area contributed by atoms with Crippen LogP contribution in [0, 0.1) is 0 Å². The Bertz CT molecular complexity index is 793. The highest BCUT2D eigenvalue weighted by Crippen LogP contribution is 2.22. The molecule has 0 unspecified atom stereocenters. The minimum Gasteiger partial charge on any atom is -0.444 e. The van der Waals surface area contributed by atoms with E-state index in [1.54, 1.807) is 4.90 Å². The van der Waals surface area contributed by atoms with Crippen molar-refractivity contribution in [2.45, 2.75) is 45.9 Å². The van der Waals surface area contributed by atoms with Gasteiger partial charge in [-0.2, -0.15) is 5.10 Å². The van der Waals surface area contributed by atoms with Crippen LogP contribution in [0.2, 0.25) is 0 Å². The van der Waals surface area contributed by atoms with Gasteiger partial charge in [0.05, 0.1) is 6.54 Å². The molecule has 2 aromatic rings. The summed E-state index contributed by atoms with van der Waals surface area (Å²) >= 11 is 0. The predicted molar refractivity (Wildman–Crippen MR) is 96.5 cm³/mol. The van der Waals surface area contributed by atoms with Crippen molar-refractivity contribution in [3.8, 4) is 0 Å². The molecule has 1 aromatic heterocycles. The smallest absolute Gasteiger partial charge is 0.410 e. The van der Waals surface area contributed by atoms with E-state index in [2.05, 4.69) is 15.5 Å². The molecule has 7 nitrogen and oxygen atoms in total. The van der Waals surface area contributed by atoms with Crippen LogP contribution in [-0.2, 0) is 24.2 Å². The van der Waals surface area contributed by atoms with E-state index in [0.29, 0.717) is 31.7 Å². The summed E-state index contributed by atoms with van der Waals surface area (Å²) in [5.41, 5.74) is 2.45. The summed E-state index contributed by atoms with van der Waals surface area (Å²) in [6, 6.07) is 9.68. The number of amides is 2. The summed E-state index contributed by atoms with van der Waals surface area (Å²) in [6.45, 7) is 6.78. The SMILES string of the molecule is CC(C)(C)OC(=O)N1CCc2[nH]nc(C(=O)NCc3ccccc3)c2C1. The summed E-state index contributed by atoms with van der Waals surface area (Å²) in [7, 11) is 0. The number of nitrogens with zero attached hydrogens (tertiary/aromatic N) is 2. The van der Waals surface area contributed by atoms with Crippen molar-refractivity contribution in [3.05, 3.63) is 52.8 Å². The summed E-state index contributed by atoms with van der Waals surface area (Å²) in [4.78, 5) is 26.4. The van der Waals surface area contributed by atoms with Gasteiger partial charge < -0.3 is 15.0 Å². The van der Waals surface area contributed by atoms with Crippen LogP contribution in [0.15, 0.2) is 30.3 Å². The Kier molecular flexibility index (Phi) is 4.97. The number of hydrogen-bond donors (Lipinski definition) is 2. The maximum absolute atomic E-state index is 12.5. The van der Waals surface area contributed by atoms with Gasteiger partial charge in [-0.25, -0.2) is 4.79 Å². The highest BCUT2D eigenvalue weighted by Gasteiger charge is 2.30. The van der Waals surface area contributed by atoms with Crippen LogP contribution in [0.25, 0.3) is 0 Å². The number of rotatable bonds is 3. The van der Waals surface area contributed by atoms with Crippen LogP contribution < -0.4 is 5.32 Å². The Hall–Kier alpha value is -2.83. The topological polar surface area (TPSA) is 87.3 Å². The standard InChI is InChI=1S/C19H24N4O3/c1-19(2,3)26-18(25)23-10-9-15-14(12-23)16(22-21-15)17(24)20-11-13-7-5-4-6-8-13/h4-8H,9-12H2,1-3H3,(H,20,24)(H,21,22). The maximum atomic E-state index is 12.5. The molecule has 0 spiro atoms. The lowest BCUT2D eigenvalue weighted by Gasteiger charge is -2.30. The zero-order valence-corrected chi connectivity index (χ0v) is 15.3. The number of aromatic amines is 1. The van der Waals surface area contributed by atoms with Gasteiger partial charge in [0, 0.05) is 30.8 Å². The highest BCUT2D eigenvalue weighted by atomic mass is 16.6. The average molecular weight is 356 g/mol. The van der Waals surface area contributed by atoms with Crippen LogP contribution in [0.1, 0.15) is 48.1 Å². The largest absolute Gasteiger partial charge is 0.444 e. The van der Waals surface area contributed by atoms with E-state index < -0.39 is 5.60 Å². The number of fused-ring (bicyclic) bond motifs is 1. The van der Waals surface area contributed by atoms with Crippen LogP contribution >= 0.6 is 0 Å². The molecule has 0 radical (unpaired) electrons. The van der Waals surface area contributed by atoms with Gasteiger partial charge in [0.1, 0.15) is 5.60 Å². The number of ether oxygens (including phenoxy) is 1. The van der Waals surface area contributed by atoms with Crippen molar-refractivity contribution in [1.82, 2.24) is 20.4 Å².